The van der Waals surface area contributed by atoms with Gasteiger partial charge in [0.2, 0.25) is 5.60 Å². The van der Waals surface area contributed by atoms with Crippen LogP contribution in [0.25, 0.3) is 5.52 Å². The van der Waals surface area contributed by atoms with Crippen LogP contribution in [0.4, 0.5) is 0 Å². The van der Waals surface area contributed by atoms with Gasteiger partial charge in [0.25, 0.3) is 5.56 Å². The van der Waals surface area contributed by atoms with E-state index in [4.69, 9.17) is 9.47 Å². The molecule has 10 heteroatoms. The molecule has 9 nitrogen and oxygen atoms in total. The molecule has 3 radical (unpaired) electrons. The summed E-state index contributed by atoms with van der Waals surface area (Å²) in [6.07, 6.45) is -2.39. The van der Waals surface area contributed by atoms with E-state index in [2.05, 4.69) is 10.1 Å². The van der Waals surface area contributed by atoms with Gasteiger partial charge in [-0.3, -0.25) is 4.79 Å². The second kappa shape index (κ2) is 7.09. The Kier molecular flexibility index (Phi) is 5.55. The maximum absolute atomic E-state index is 12.1. The number of aliphatic hydroxyl groups excluding tert-OH is 1. The molecule has 2 aromatic heterocycles. The summed E-state index contributed by atoms with van der Waals surface area (Å²) in [5.41, 5.74) is -3.87. The van der Waals surface area contributed by atoms with Crippen molar-refractivity contribution >= 4 is 13.9 Å². The zero-order chi connectivity index (χ0) is 19.3. The summed E-state index contributed by atoms with van der Waals surface area (Å²) in [7, 11) is 0. The van der Waals surface area contributed by atoms with Gasteiger partial charge < -0.3 is 24.7 Å². The average molecular weight is 373 g/mol. The lowest BCUT2D eigenvalue weighted by atomic mass is 9.80. The smallest absolute Gasteiger partial charge is 0.275 e. The molecule has 0 aliphatic carbocycles. The maximum Gasteiger partial charge on any atom is 0.275 e. The lowest BCUT2D eigenvalue weighted by molar-refractivity contribution is -0.112. The third kappa shape index (κ3) is 3.06. The van der Waals surface area contributed by atoms with Crippen molar-refractivity contribution in [3.05, 3.63) is 34.0 Å². The first-order valence-corrected chi connectivity index (χ1v) is 8.34. The lowest BCUT2D eigenvalue weighted by Gasteiger charge is -2.33. The minimum absolute atomic E-state index is 0. The molecule has 143 valence electrons. The third-order valence-corrected chi connectivity index (χ3v) is 4.71. The van der Waals surface area contributed by atoms with Crippen LogP contribution >= 0.6 is 0 Å². The van der Waals surface area contributed by atoms with Crippen LogP contribution in [0.2, 0.25) is 0 Å². The molecule has 1 aliphatic heterocycles. The first kappa shape index (κ1) is 21.1. The summed E-state index contributed by atoms with van der Waals surface area (Å²) < 4.78 is 12.6. The van der Waals surface area contributed by atoms with Gasteiger partial charge in [-0.05, 0) is 39.8 Å². The Balaban J connectivity index is 0.00000261. The minimum Gasteiger partial charge on any atom is -0.387 e. The number of aryl methyl sites for hydroxylation is 1. The molecule has 2 aromatic rings. The van der Waals surface area contributed by atoms with Crippen molar-refractivity contribution in [1.29, 1.82) is 5.26 Å². The predicted octanol–water partition coefficient (Wildman–Crippen LogP) is -0.395. The molecular weight excluding hydrogens is 351 g/mol. The number of aliphatic hydroxyl groups is 2. The van der Waals surface area contributed by atoms with Crippen molar-refractivity contribution in [2.75, 3.05) is 6.61 Å². The molecule has 1 aliphatic rings. The highest BCUT2D eigenvalue weighted by Gasteiger charge is 2.65. The molecule has 4 atom stereocenters. The standard InChI is InChI=1S/C17H22N4O5.B/c1-9(2)25-7-12-14(22)16(4,24)17(8-18,26-12)13-6-5-11-15(23)19-10(3)20-21(11)13;/h5-6,9,12,14,22,24H,7H2,1-4H3,(H,19,20,23);/t12-,14-,16-,17+;/m1./s1. The van der Waals surface area contributed by atoms with Crippen LogP contribution in [0.15, 0.2) is 16.9 Å². The van der Waals surface area contributed by atoms with E-state index in [-0.39, 0.29) is 37.9 Å². The normalized spacial score (nSPS) is 30.4. The van der Waals surface area contributed by atoms with Gasteiger partial charge in [-0.15, -0.1) is 0 Å². The van der Waals surface area contributed by atoms with Gasteiger partial charge >= 0.3 is 0 Å². The van der Waals surface area contributed by atoms with Crippen molar-refractivity contribution in [2.45, 2.75) is 57.2 Å². The number of ether oxygens (including phenoxy) is 2. The zero-order valence-electron chi connectivity index (χ0n) is 15.6. The number of nitrogens with one attached hydrogen (secondary N) is 1. The summed E-state index contributed by atoms with van der Waals surface area (Å²) in [5, 5.41) is 35.7. The van der Waals surface area contributed by atoms with E-state index in [1.165, 1.54) is 23.6 Å². The van der Waals surface area contributed by atoms with Gasteiger partial charge in [-0.25, -0.2) is 4.52 Å². The predicted molar refractivity (Wildman–Crippen MR) is 96.2 cm³/mol. The van der Waals surface area contributed by atoms with E-state index in [9.17, 15) is 20.3 Å². The van der Waals surface area contributed by atoms with Crippen LogP contribution in [-0.4, -0.2) is 63.7 Å². The summed E-state index contributed by atoms with van der Waals surface area (Å²) >= 11 is 0. The highest BCUT2D eigenvalue weighted by atomic mass is 16.6. The Hall–Kier alpha value is -2.19. The molecule has 0 spiro atoms. The van der Waals surface area contributed by atoms with Gasteiger partial charge in [-0.2, -0.15) is 10.4 Å². The molecule has 3 heterocycles. The summed E-state index contributed by atoms with van der Waals surface area (Å²) in [5.74, 6) is 0.339. The topological polar surface area (TPSA) is 133 Å². The van der Waals surface area contributed by atoms with Gasteiger partial charge in [0, 0.05) is 8.41 Å². The van der Waals surface area contributed by atoms with Crippen LogP contribution < -0.4 is 5.56 Å². The van der Waals surface area contributed by atoms with Gasteiger partial charge in [-0.1, -0.05) is 0 Å². The van der Waals surface area contributed by atoms with Crippen LogP contribution in [0.3, 0.4) is 0 Å². The number of nitriles is 1. The van der Waals surface area contributed by atoms with E-state index in [0.717, 1.165) is 0 Å². The van der Waals surface area contributed by atoms with E-state index >= 15 is 0 Å². The molecule has 1 fully saturated rings. The van der Waals surface area contributed by atoms with Crippen LogP contribution in [0, 0.1) is 18.3 Å². The molecular formula is C17H22BN4O5. The Morgan fingerprint density at radius 3 is 2.78 bits per heavy atom. The molecule has 3 N–H and O–H groups in total. The van der Waals surface area contributed by atoms with Crippen molar-refractivity contribution in [1.82, 2.24) is 14.6 Å². The number of fused-ring (bicyclic) bond motifs is 1. The Morgan fingerprint density at radius 2 is 2.19 bits per heavy atom. The summed E-state index contributed by atoms with van der Waals surface area (Å²) in [4.78, 5) is 14.7. The highest BCUT2D eigenvalue weighted by Crippen LogP contribution is 2.47. The quantitative estimate of drug-likeness (QED) is 0.622. The first-order chi connectivity index (χ1) is 12.1. The Labute approximate surface area is 158 Å². The Bertz CT molecular complexity index is 932. The van der Waals surface area contributed by atoms with Crippen molar-refractivity contribution in [2.24, 2.45) is 0 Å². The minimum atomic E-state index is -1.95. The van der Waals surface area contributed by atoms with E-state index < -0.39 is 23.4 Å². The molecule has 0 bridgehead atoms. The van der Waals surface area contributed by atoms with Crippen molar-refractivity contribution in [3.63, 3.8) is 0 Å². The number of rotatable bonds is 4. The van der Waals surface area contributed by atoms with E-state index in [1.54, 1.807) is 6.92 Å². The number of aromatic nitrogens is 3. The third-order valence-electron chi connectivity index (χ3n) is 4.71. The number of nitrogens with zero attached hydrogens (tertiary/aromatic N) is 3. The summed E-state index contributed by atoms with van der Waals surface area (Å²) in [6, 6.07) is 4.97. The van der Waals surface area contributed by atoms with Crippen LogP contribution in [-0.2, 0) is 15.1 Å². The fraction of sp³-hybridized carbons (Fsp3) is 0.588. The molecule has 0 saturated carbocycles. The zero-order valence-corrected chi connectivity index (χ0v) is 15.6. The maximum atomic E-state index is 12.1. The van der Waals surface area contributed by atoms with Crippen molar-refractivity contribution in [3.8, 4) is 6.07 Å². The monoisotopic (exact) mass is 373 g/mol. The van der Waals surface area contributed by atoms with Gasteiger partial charge in [0.15, 0.2) is 0 Å². The number of hydrogen-bond donors (Lipinski definition) is 3. The fourth-order valence-electron chi connectivity index (χ4n) is 3.29. The van der Waals surface area contributed by atoms with Crippen molar-refractivity contribution < 1.29 is 19.7 Å². The number of aromatic amines is 1. The molecule has 0 amide bonds. The van der Waals surface area contributed by atoms with Crippen LogP contribution in [0.5, 0.6) is 0 Å². The molecule has 1 saturated heterocycles. The molecule has 27 heavy (non-hydrogen) atoms. The van der Waals surface area contributed by atoms with Gasteiger partial charge in [0.1, 0.15) is 35.2 Å². The van der Waals surface area contributed by atoms with E-state index in [0.29, 0.717) is 5.82 Å². The van der Waals surface area contributed by atoms with Crippen LogP contribution in [0.1, 0.15) is 32.3 Å². The second-order valence-electron chi connectivity index (χ2n) is 6.98. The largest absolute Gasteiger partial charge is 0.387 e. The highest BCUT2D eigenvalue weighted by molar-refractivity contribution is 5.75. The summed E-state index contributed by atoms with van der Waals surface area (Å²) in [6.45, 7) is 6.60. The van der Waals surface area contributed by atoms with Gasteiger partial charge in [0.05, 0.1) is 18.4 Å². The average Bonchev–Trinajstić information content (AvgIpc) is 3.05. The first-order valence-electron chi connectivity index (χ1n) is 8.34. The SMILES string of the molecule is Cc1nn2c([C@]3(C#N)O[C@H](COC(C)C)[C@@H](O)[C@@]3(C)O)ccc2c(=O)[nH]1.[B]. The second-order valence-corrected chi connectivity index (χ2v) is 6.98. The number of H-pyrrole nitrogens is 1. The lowest BCUT2D eigenvalue weighted by Crippen LogP contribution is -2.52. The molecule has 0 aromatic carbocycles. The molecule has 0 unspecified atom stereocenters. The Morgan fingerprint density at radius 1 is 1.52 bits per heavy atom. The molecule has 3 rings (SSSR count). The number of hydrogen-bond acceptors (Lipinski definition) is 7. The van der Waals surface area contributed by atoms with E-state index in [1.807, 2.05) is 19.9 Å². The fourth-order valence-corrected chi connectivity index (χ4v) is 3.29.